The summed E-state index contributed by atoms with van der Waals surface area (Å²) in [6, 6.07) is 4.30. The molecule has 3 nitrogen and oxygen atoms in total. The molecule has 1 aromatic carbocycles. The summed E-state index contributed by atoms with van der Waals surface area (Å²) in [5, 5.41) is 0.0585. The van der Waals surface area contributed by atoms with Gasteiger partial charge < -0.3 is 9.64 Å². The average Bonchev–Trinajstić information content (AvgIpc) is 2.30. The quantitative estimate of drug-likeness (QED) is 0.773. The van der Waals surface area contributed by atoms with Crippen LogP contribution < -0.4 is 0 Å². The average molecular weight is 274 g/mol. The lowest BCUT2D eigenvalue weighted by molar-refractivity contribution is -0.144. The van der Waals surface area contributed by atoms with E-state index in [4.69, 9.17) is 16.3 Å². The summed E-state index contributed by atoms with van der Waals surface area (Å²) in [7, 11) is 3.70. The number of carbonyl (C=O) groups excluding carboxylic acids is 1. The minimum atomic E-state index is -0.464. The van der Waals surface area contributed by atoms with Gasteiger partial charge in [-0.15, -0.1) is 0 Å². The molecular formula is C13H17ClFNO2. The zero-order chi connectivity index (χ0) is 13.7. The summed E-state index contributed by atoms with van der Waals surface area (Å²) in [6.45, 7) is 2.11. The molecule has 1 atom stereocenters. The molecule has 0 fully saturated rings. The van der Waals surface area contributed by atoms with Gasteiger partial charge in [0.2, 0.25) is 0 Å². The van der Waals surface area contributed by atoms with E-state index < -0.39 is 5.82 Å². The summed E-state index contributed by atoms with van der Waals surface area (Å²) >= 11 is 5.75. The Morgan fingerprint density at radius 1 is 1.50 bits per heavy atom. The van der Waals surface area contributed by atoms with Crippen LogP contribution in [-0.4, -0.2) is 31.6 Å². The molecule has 0 radical (unpaired) electrons. The van der Waals surface area contributed by atoms with Gasteiger partial charge in [-0.2, -0.15) is 0 Å². The Labute approximate surface area is 111 Å². The summed E-state index contributed by atoms with van der Waals surface area (Å²) in [5.41, 5.74) is 0.791. The monoisotopic (exact) mass is 273 g/mol. The lowest BCUT2D eigenvalue weighted by atomic mass is 10.0. The first-order chi connectivity index (χ1) is 8.45. The number of benzene rings is 1. The van der Waals surface area contributed by atoms with Gasteiger partial charge in [0.15, 0.2) is 0 Å². The van der Waals surface area contributed by atoms with Gasteiger partial charge in [-0.25, -0.2) is 4.39 Å². The SMILES string of the molecule is CCOC(=O)CC(c1ccc(F)c(Cl)c1)N(C)C. The highest BCUT2D eigenvalue weighted by Gasteiger charge is 2.19. The van der Waals surface area contributed by atoms with Gasteiger partial charge in [0.25, 0.3) is 0 Å². The van der Waals surface area contributed by atoms with Crippen LogP contribution >= 0.6 is 11.6 Å². The van der Waals surface area contributed by atoms with Gasteiger partial charge in [0.1, 0.15) is 5.82 Å². The molecule has 0 aliphatic carbocycles. The van der Waals surface area contributed by atoms with Crippen molar-refractivity contribution in [3.05, 3.63) is 34.6 Å². The third-order valence-corrected chi connectivity index (χ3v) is 2.91. The van der Waals surface area contributed by atoms with E-state index in [1.807, 2.05) is 19.0 Å². The van der Waals surface area contributed by atoms with Crippen LogP contribution in [0.4, 0.5) is 4.39 Å². The predicted molar refractivity (Wildman–Crippen MR) is 69.1 cm³/mol. The number of ether oxygens (including phenoxy) is 1. The molecule has 0 saturated heterocycles. The van der Waals surface area contributed by atoms with Crippen molar-refractivity contribution in [2.45, 2.75) is 19.4 Å². The molecule has 0 aromatic heterocycles. The summed E-state index contributed by atoms with van der Waals surface area (Å²) in [5.74, 6) is -0.745. The zero-order valence-electron chi connectivity index (χ0n) is 10.7. The van der Waals surface area contributed by atoms with E-state index in [2.05, 4.69) is 0 Å². The lowest BCUT2D eigenvalue weighted by Crippen LogP contribution is -2.23. The van der Waals surface area contributed by atoms with E-state index >= 15 is 0 Å². The molecule has 0 amide bonds. The molecule has 1 rings (SSSR count). The first-order valence-corrected chi connectivity index (χ1v) is 6.10. The fraction of sp³-hybridized carbons (Fsp3) is 0.462. The molecule has 0 aliphatic rings. The molecule has 1 aromatic rings. The Morgan fingerprint density at radius 3 is 2.67 bits per heavy atom. The second-order valence-electron chi connectivity index (χ2n) is 4.16. The first-order valence-electron chi connectivity index (χ1n) is 5.72. The Morgan fingerprint density at radius 2 is 2.17 bits per heavy atom. The second-order valence-corrected chi connectivity index (χ2v) is 4.57. The number of esters is 1. The molecule has 0 bridgehead atoms. The van der Waals surface area contributed by atoms with Crippen molar-refractivity contribution in [2.24, 2.45) is 0 Å². The van der Waals surface area contributed by atoms with Crippen LogP contribution in [0.15, 0.2) is 18.2 Å². The van der Waals surface area contributed by atoms with Crippen LogP contribution in [0.25, 0.3) is 0 Å². The minimum Gasteiger partial charge on any atom is -0.466 e. The molecule has 5 heteroatoms. The smallest absolute Gasteiger partial charge is 0.307 e. The molecule has 0 saturated carbocycles. The van der Waals surface area contributed by atoms with Gasteiger partial charge >= 0.3 is 5.97 Å². The van der Waals surface area contributed by atoms with Crippen LogP contribution in [0.5, 0.6) is 0 Å². The van der Waals surface area contributed by atoms with Gasteiger partial charge in [-0.05, 0) is 38.7 Å². The normalized spacial score (nSPS) is 12.6. The van der Waals surface area contributed by atoms with Crippen molar-refractivity contribution >= 4 is 17.6 Å². The first kappa shape index (κ1) is 14.9. The number of rotatable bonds is 5. The van der Waals surface area contributed by atoms with Crippen LogP contribution in [0.1, 0.15) is 24.9 Å². The Balaban J connectivity index is 2.90. The Hall–Kier alpha value is -1.13. The van der Waals surface area contributed by atoms with E-state index in [9.17, 15) is 9.18 Å². The molecule has 1 unspecified atom stereocenters. The summed E-state index contributed by atoms with van der Waals surface area (Å²) < 4.78 is 18.0. The van der Waals surface area contributed by atoms with E-state index in [0.717, 1.165) is 5.56 Å². The van der Waals surface area contributed by atoms with E-state index in [0.29, 0.717) is 6.61 Å². The van der Waals surface area contributed by atoms with Crippen LogP contribution in [0.3, 0.4) is 0 Å². The summed E-state index contributed by atoms with van der Waals surface area (Å²) in [4.78, 5) is 13.4. The van der Waals surface area contributed by atoms with Crippen molar-refractivity contribution in [2.75, 3.05) is 20.7 Å². The standard InChI is InChI=1S/C13H17ClFNO2/c1-4-18-13(17)8-12(16(2)3)9-5-6-11(15)10(14)7-9/h5-7,12H,4,8H2,1-3H3. The highest BCUT2D eigenvalue weighted by atomic mass is 35.5. The van der Waals surface area contributed by atoms with Crippen LogP contribution in [-0.2, 0) is 9.53 Å². The maximum absolute atomic E-state index is 13.1. The van der Waals surface area contributed by atoms with E-state index in [1.54, 1.807) is 19.1 Å². The molecule has 0 heterocycles. The van der Waals surface area contributed by atoms with E-state index in [-0.39, 0.29) is 23.5 Å². The molecule has 0 aliphatic heterocycles. The van der Waals surface area contributed by atoms with Crippen molar-refractivity contribution in [1.29, 1.82) is 0 Å². The molecular weight excluding hydrogens is 257 g/mol. The maximum Gasteiger partial charge on any atom is 0.307 e. The topological polar surface area (TPSA) is 29.5 Å². The third-order valence-electron chi connectivity index (χ3n) is 2.62. The van der Waals surface area contributed by atoms with Crippen LogP contribution in [0, 0.1) is 5.82 Å². The van der Waals surface area contributed by atoms with E-state index in [1.165, 1.54) is 6.07 Å². The molecule has 0 spiro atoms. The second kappa shape index (κ2) is 6.71. The maximum atomic E-state index is 13.1. The van der Waals surface area contributed by atoms with Crippen LogP contribution in [0.2, 0.25) is 5.02 Å². The molecule has 100 valence electrons. The highest BCUT2D eigenvalue weighted by Crippen LogP contribution is 2.26. The number of hydrogen-bond acceptors (Lipinski definition) is 3. The van der Waals surface area contributed by atoms with Gasteiger partial charge in [-0.1, -0.05) is 17.7 Å². The number of halogens is 2. The summed E-state index contributed by atoms with van der Waals surface area (Å²) in [6.07, 6.45) is 0.211. The van der Waals surface area contributed by atoms with Crippen molar-refractivity contribution in [1.82, 2.24) is 4.90 Å². The highest BCUT2D eigenvalue weighted by molar-refractivity contribution is 6.30. The largest absolute Gasteiger partial charge is 0.466 e. The predicted octanol–water partition coefficient (Wildman–Crippen LogP) is 3.04. The van der Waals surface area contributed by atoms with Crippen molar-refractivity contribution < 1.29 is 13.9 Å². The Bertz CT molecular complexity index is 423. The zero-order valence-corrected chi connectivity index (χ0v) is 11.5. The third kappa shape index (κ3) is 3.96. The molecule has 0 N–H and O–H groups in total. The van der Waals surface area contributed by atoms with Gasteiger partial charge in [-0.3, -0.25) is 4.79 Å². The Kier molecular flexibility index (Phi) is 5.56. The van der Waals surface area contributed by atoms with Crippen molar-refractivity contribution in [3.63, 3.8) is 0 Å². The fourth-order valence-electron chi connectivity index (χ4n) is 1.70. The van der Waals surface area contributed by atoms with Gasteiger partial charge in [0, 0.05) is 6.04 Å². The lowest BCUT2D eigenvalue weighted by Gasteiger charge is -2.24. The van der Waals surface area contributed by atoms with Gasteiger partial charge in [0.05, 0.1) is 18.1 Å². The number of hydrogen-bond donors (Lipinski definition) is 0. The number of nitrogens with zero attached hydrogens (tertiary/aromatic N) is 1. The van der Waals surface area contributed by atoms with Crippen molar-refractivity contribution in [3.8, 4) is 0 Å². The fourth-order valence-corrected chi connectivity index (χ4v) is 1.88. The minimum absolute atomic E-state index is 0.0585. The molecule has 18 heavy (non-hydrogen) atoms. The number of carbonyl (C=O) groups is 1.